The molecule has 39 heavy (non-hydrogen) atoms. The summed E-state index contributed by atoms with van der Waals surface area (Å²) in [6, 6.07) is 8.12. The molecule has 2 N–H and O–H groups in total. The van der Waals surface area contributed by atoms with Crippen molar-refractivity contribution in [3.05, 3.63) is 35.9 Å². The number of aliphatic carboxylic acids is 1. The van der Waals surface area contributed by atoms with Gasteiger partial charge >= 0.3 is 11.9 Å². The Hall–Kier alpha value is -2.70. The first-order chi connectivity index (χ1) is 18.6. The van der Waals surface area contributed by atoms with Crippen LogP contribution in [0.15, 0.2) is 30.3 Å². The van der Waals surface area contributed by atoms with E-state index in [1.54, 1.807) is 0 Å². The Kier molecular flexibility index (Phi) is 7.89. The number of benzene rings is 1. The van der Waals surface area contributed by atoms with Gasteiger partial charge < -0.3 is 15.2 Å². The van der Waals surface area contributed by atoms with Crippen LogP contribution < -0.4 is 5.32 Å². The van der Waals surface area contributed by atoms with Crippen LogP contribution in [0.5, 0.6) is 0 Å². The van der Waals surface area contributed by atoms with Gasteiger partial charge in [-0.1, -0.05) is 44.2 Å². The maximum absolute atomic E-state index is 12.8. The summed E-state index contributed by atoms with van der Waals surface area (Å²) in [6.45, 7) is 4.74. The van der Waals surface area contributed by atoms with Crippen molar-refractivity contribution in [2.45, 2.75) is 103 Å². The molecule has 0 aliphatic heterocycles. The molecule has 1 amide bonds. The molecule has 0 spiro atoms. The van der Waals surface area contributed by atoms with Crippen molar-refractivity contribution < 1.29 is 29.0 Å². The molecule has 7 nitrogen and oxygen atoms in total. The average molecular weight is 538 g/mol. The van der Waals surface area contributed by atoms with Crippen LogP contribution in [-0.2, 0) is 30.3 Å². The van der Waals surface area contributed by atoms with E-state index >= 15 is 0 Å². The maximum Gasteiger partial charge on any atom is 0.326 e. The standard InChI is InChI=1S/C32H43NO6/c1-31-16-14-22(34)19-21(31)8-9-23-24-10-11-27(32(24,2)17-15-25(23)31)39-29(36)13-12-28(35)33-26(30(37)38)18-20-6-4-3-5-7-20/h3-7,21,23-27H,8-19H2,1-2H3,(H,33,35)(H,37,38)/t21-,23-,24+,25-,26-,27-,31-,32+/m0/s1. The molecular formula is C32H43NO6. The number of nitrogens with one attached hydrogen (secondary N) is 1. The van der Waals surface area contributed by atoms with Crippen LogP contribution in [0.4, 0.5) is 0 Å². The number of hydrogen-bond donors (Lipinski definition) is 2. The first-order valence-electron chi connectivity index (χ1n) is 14.9. The Morgan fingerprint density at radius 3 is 2.46 bits per heavy atom. The lowest BCUT2D eigenvalue weighted by molar-refractivity contribution is -0.164. The highest BCUT2D eigenvalue weighted by atomic mass is 16.5. The summed E-state index contributed by atoms with van der Waals surface area (Å²) >= 11 is 0. The largest absolute Gasteiger partial charge is 0.480 e. The third-order valence-electron chi connectivity index (χ3n) is 11.1. The van der Waals surface area contributed by atoms with Crippen molar-refractivity contribution in [3.8, 4) is 0 Å². The number of carbonyl (C=O) groups is 4. The van der Waals surface area contributed by atoms with Crippen molar-refractivity contribution in [2.24, 2.45) is 34.5 Å². The molecule has 4 fully saturated rings. The van der Waals surface area contributed by atoms with E-state index in [2.05, 4.69) is 19.2 Å². The van der Waals surface area contributed by atoms with Gasteiger partial charge in [-0.2, -0.15) is 0 Å². The molecule has 4 aliphatic carbocycles. The second kappa shape index (κ2) is 11.1. The fourth-order valence-corrected chi connectivity index (χ4v) is 8.94. The summed E-state index contributed by atoms with van der Waals surface area (Å²) in [4.78, 5) is 49.2. The summed E-state index contributed by atoms with van der Waals surface area (Å²) in [5.74, 6) is 0.841. The minimum atomic E-state index is -1.10. The maximum atomic E-state index is 12.8. The third-order valence-corrected chi connectivity index (χ3v) is 11.1. The SMILES string of the molecule is C[C@@]12CC[C@H]3[C@@H](CC[C@H]4CC(=O)CC[C@@]43C)[C@H]1CC[C@@H]2OC(=O)CCC(=O)N[C@@H](Cc1ccccc1)C(=O)O. The van der Waals surface area contributed by atoms with Gasteiger partial charge in [-0.05, 0) is 79.6 Å². The first kappa shape index (κ1) is 27.9. The number of ketones is 1. The zero-order valence-corrected chi connectivity index (χ0v) is 23.3. The number of carboxylic acid groups (broad SMARTS) is 1. The zero-order chi connectivity index (χ0) is 27.8. The van der Waals surface area contributed by atoms with E-state index in [1.807, 2.05) is 30.3 Å². The number of hydrogen-bond acceptors (Lipinski definition) is 5. The van der Waals surface area contributed by atoms with E-state index in [0.717, 1.165) is 56.9 Å². The van der Waals surface area contributed by atoms with Crippen molar-refractivity contribution in [3.63, 3.8) is 0 Å². The monoisotopic (exact) mass is 537 g/mol. The molecule has 4 saturated carbocycles. The lowest BCUT2D eigenvalue weighted by atomic mass is 9.45. The Morgan fingerprint density at radius 1 is 0.974 bits per heavy atom. The topological polar surface area (TPSA) is 110 Å². The second-order valence-corrected chi connectivity index (χ2v) is 13.1. The average Bonchev–Trinajstić information content (AvgIpc) is 3.24. The van der Waals surface area contributed by atoms with Gasteiger partial charge in [0.1, 0.15) is 17.9 Å². The predicted octanol–water partition coefficient (Wildman–Crippen LogP) is 5.10. The number of rotatable bonds is 8. The summed E-state index contributed by atoms with van der Waals surface area (Å²) in [5.41, 5.74) is 1.04. The van der Waals surface area contributed by atoms with Gasteiger partial charge in [-0.3, -0.25) is 14.4 Å². The molecule has 212 valence electrons. The van der Waals surface area contributed by atoms with Crippen LogP contribution in [0.2, 0.25) is 0 Å². The molecule has 7 heteroatoms. The smallest absolute Gasteiger partial charge is 0.326 e. The summed E-state index contributed by atoms with van der Waals surface area (Å²) in [6.07, 6.45) is 8.82. The lowest BCUT2D eigenvalue weighted by Gasteiger charge is -2.60. The Balaban J connectivity index is 1.14. The highest BCUT2D eigenvalue weighted by Crippen LogP contribution is 2.66. The Labute approximate surface area is 231 Å². The van der Waals surface area contributed by atoms with E-state index < -0.39 is 17.9 Å². The number of esters is 1. The van der Waals surface area contributed by atoms with Gasteiger partial charge in [-0.15, -0.1) is 0 Å². The van der Waals surface area contributed by atoms with E-state index in [4.69, 9.17) is 4.74 Å². The first-order valence-corrected chi connectivity index (χ1v) is 14.9. The number of fused-ring (bicyclic) bond motifs is 5. The van der Waals surface area contributed by atoms with E-state index in [-0.39, 0.29) is 42.2 Å². The van der Waals surface area contributed by atoms with Crippen LogP contribution in [0.1, 0.15) is 90.0 Å². The molecular weight excluding hydrogens is 494 g/mol. The van der Waals surface area contributed by atoms with E-state index in [0.29, 0.717) is 29.5 Å². The van der Waals surface area contributed by atoms with Crippen molar-refractivity contribution in [1.29, 1.82) is 0 Å². The highest BCUT2D eigenvalue weighted by molar-refractivity contribution is 5.86. The predicted molar refractivity (Wildman–Crippen MR) is 146 cm³/mol. The van der Waals surface area contributed by atoms with Gasteiger partial charge in [0, 0.05) is 31.1 Å². The lowest BCUT2D eigenvalue weighted by Crippen LogP contribution is -2.54. The van der Waals surface area contributed by atoms with E-state index in [1.165, 1.54) is 6.42 Å². The fourth-order valence-electron chi connectivity index (χ4n) is 8.94. The van der Waals surface area contributed by atoms with Gasteiger partial charge in [0.15, 0.2) is 0 Å². The molecule has 5 rings (SSSR count). The van der Waals surface area contributed by atoms with Crippen LogP contribution >= 0.6 is 0 Å². The van der Waals surface area contributed by atoms with Gasteiger partial charge in [0.2, 0.25) is 5.91 Å². The summed E-state index contributed by atoms with van der Waals surface area (Å²) in [5, 5.41) is 12.1. The molecule has 0 aromatic heterocycles. The van der Waals surface area contributed by atoms with Gasteiger partial charge in [0.05, 0.1) is 6.42 Å². The third kappa shape index (κ3) is 5.51. The molecule has 4 aliphatic rings. The fraction of sp³-hybridized carbons (Fsp3) is 0.688. The zero-order valence-electron chi connectivity index (χ0n) is 23.3. The summed E-state index contributed by atoms with van der Waals surface area (Å²) in [7, 11) is 0. The minimum absolute atomic E-state index is 0.0448. The van der Waals surface area contributed by atoms with Crippen molar-refractivity contribution >= 4 is 23.6 Å². The second-order valence-electron chi connectivity index (χ2n) is 13.1. The molecule has 8 atom stereocenters. The molecule has 0 heterocycles. The van der Waals surface area contributed by atoms with Gasteiger partial charge in [-0.25, -0.2) is 4.79 Å². The number of ether oxygens (including phenoxy) is 1. The van der Waals surface area contributed by atoms with Crippen LogP contribution in [0, 0.1) is 34.5 Å². The molecule has 0 saturated heterocycles. The van der Waals surface area contributed by atoms with Crippen molar-refractivity contribution in [1.82, 2.24) is 5.32 Å². The molecule has 0 unspecified atom stereocenters. The molecule has 0 bridgehead atoms. The molecule has 1 aromatic rings. The Bertz CT molecular complexity index is 1100. The Morgan fingerprint density at radius 2 is 1.72 bits per heavy atom. The molecule has 0 radical (unpaired) electrons. The summed E-state index contributed by atoms with van der Waals surface area (Å²) < 4.78 is 6.03. The van der Waals surface area contributed by atoms with E-state index in [9.17, 15) is 24.3 Å². The normalized spacial score (nSPS) is 36.2. The van der Waals surface area contributed by atoms with Crippen molar-refractivity contribution in [2.75, 3.05) is 0 Å². The number of carboxylic acids is 1. The number of carbonyl (C=O) groups excluding carboxylic acids is 3. The molecule has 1 aromatic carbocycles. The number of amides is 1. The van der Waals surface area contributed by atoms with Crippen LogP contribution in [0.3, 0.4) is 0 Å². The van der Waals surface area contributed by atoms with Crippen LogP contribution in [-0.4, -0.2) is 40.9 Å². The number of Topliss-reactive ketones (excluding diaryl/α,β-unsaturated/α-hetero) is 1. The van der Waals surface area contributed by atoms with Gasteiger partial charge in [0.25, 0.3) is 0 Å². The minimum Gasteiger partial charge on any atom is -0.480 e. The van der Waals surface area contributed by atoms with Crippen LogP contribution in [0.25, 0.3) is 0 Å². The quantitative estimate of drug-likeness (QED) is 0.447. The highest BCUT2D eigenvalue weighted by Gasteiger charge is 2.61.